The lowest BCUT2D eigenvalue weighted by molar-refractivity contribution is -0.120. The fraction of sp³-hybridized carbons (Fsp3) is 0.500. The van der Waals surface area contributed by atoms with Crippen molar-refractivity contribution in [3.8, 4) is 0 Å². The maximum atomic E-state index is 11.8. The van der Waals surface area contributed by atoms with Gasteiger partial charge in [0.1, 0.15) is 10.5 Å². The number of rotatable bonds is 5. The zero-order chi connectivity index (χ0) is 18.0. The summed E-state index contributed by atoms with van der Waals surface area (Å²) in [6.45, 7) is 6.07. The molecule has 0 aliphatic carbocycles. The number of hydrogen-bond acceptors (Lipinski definition) is 6. The number of nitrogens with one attached hydrogen (secondary N) is 1. The first-order valence-corrected chi connectivity index (χ1v) is 9.31. The van der Waals surface area contributed by atoms with Gasteiger partial charge in [0.15, 0.2) is 0 Å². The molecule has 0 radical (unpaired) electrons. The Hall–Kier alpha value is -1.99. The van der Waals surface area contributed by atoms with Crippen LogP contribution in [0.25, 0.3) is 0 Å². The number of likely N-dealkylation sites (tertiary alicyclic amines) is 1. The summed E-state index contributed by atoms with van der Waals surface area (Å²) in [7, 11) is 4.09. The maximum Gasteiger partial charge on any atom is 0.217 e. The number of aryl methyl sites for hydroxylation is 1. The third kappa shape index (κ3) is 3.82. The maximum absolute atomic E-state index is 11.8. The molecule has 1 atom stereocenters. The van der Waals surface area contributed by atoms with Crippen LogP contribution in [0.3, 0.4) is 0 Å². The van der Waals surface area contributed by atoms with E-state index in [1.807, 2.05) is 44.9 Å². The van der Waals surface area contributed by atoms with Crippen molar-refractivity contribution in [2.75, 3.05) is 32.1 Å². The summed E-state index contributed by atoms with van der Waals surface area (Å²) in [6, 6.07) is 2.04. The van der Waals surface area contributed by atoms with Crippen molar-refractivity contribution in [1.82, 2.24) is 20.2 Å². The Balaban J connectivity index is 1.82. The number of nitrogens with zero attached hydrogens (tertiary/aromatic N) is 4. The number of carbonyl (C=O) groups excluding carboxylic acids is 1. The van der Waals surface area contributed by atoms with Crippen molar-refractivity contribution in [3.05, 3.63) is 40.1 Å². The zero-order valence-corrected chi connectivity index (χ0v) is 16.1. The molecule has 6 nitrogen and oxygen atoms in total. The number of carbonyl (C=O) groups is 1. The SMILES string of the molecule is CC(=O)NC1(c2nc(C)cs2)CCN(Cc2cnccc2N(C)C)C1. The van der Waals surface area contributed by atoms with E-state index in [2.05, 4.69) is 25.1 Å². The highest BCUT2D eigenvalue weighted by Crippen LogP contribution is 2.35. The molecule has 1 unspecified atom stereocenters. The molecule has 1 amide bonds. The quantitative estimate of drug-likeness (QED) is 0.886. The van der Waals surface area contributed by atoms with E-state index in [4.69, 9.17) is 0 Å². The Morgan fingerprint density at radius 2 is 2.28 bits per heavy atom. The molecule has 2 aromatic heterocycles. The van der Waals surface area contributed by atoms with Crippen molar-refractivity contribution < 1.29 is 4.79 Å². The second kappa shape index (κ2) is 7.09. The van der Waals surface area contributed by atoms with Crippen LogP contribution in [0.5, 0.6) is 0 Å². The minimum Gasteiger partial charge on any atom is -0.377 e. The Morgan fingerprint density at radius 1 is 1.48 bits per heavy atom. The number of amides is 1. The molecule has 1 aliphatic rings. The second-order valence-electron chi connectivity index (χ2n) is 6.92. The van der Waals surface area contributed by atoms with Gasteiger partial charge in [-0.25, -0.2) is 4.98 Å². The van der Waals surface area contributed by atoms with Crippen LogP contribution in [-0.4, -0.2) is 48.0 Å². The van der Waals surface area contributed by atoms with Gasteiger partial charge in [-0.3, -0.25) is 14.7 Å². The summed E-state index contributed by atoms with van der Waals surface area (Å²) in [5.41, 5.74) is 2.99. The highest BCUT2D eigenvalue weighted by molar-refractivity contribution is 7.09. The molecular weight excluding hydrogens is 334 g/mol. The van der Waals surface area contributed by atoms with Crippen molar-refractivity contribution in [2.24, 2.45) is 0 Å². The first-order valence-electron chi connectivity index (χ1n) is 8.43. The number of hydrogen-bond donors (Lipinski definition) is 1. The summed E-state index contributed by atoms with van der Waals surface area (Å²) >= 11 is 1.63. The highest BCUT2D eigenvalue weighted by atomic mass is 32.1. The molecule has 1 aliphatic heterocycles. The molecule has 3 heterocycles. The minimum atomic E-state index is -0.384. The van der Waals surface area contributed by atoms with Gasteiger partial charge in [0.25, 0.3) is 0 Å². The summed E-state index contributed by atoms with van der Waals surface area (Å²) < 4.78 is 0. The normalized spacial score (nSPS) is 20.6. The Kier molecular flexibility index (Phi) is 5.06. The van der Waals surface area contributed by atoms with E-state index in [1.54, 1.807) is 18.3 Å². The van der Waals surface area contributed by atoms with Gasteiger partial charge in [-0.05, 0) is 19.4 Å². The lowest BCUT2D eigenvalue weighted by atomic mass is 9.99. The van der Waals surface area contributed by atoms with Gasteiger partial charge < -0.3 is 10.2 Å². The lowest BCUT2D eigenvalue weighted by Gasteiger charge is -2.28. The minimum absolute atomic E-state index is 0.00920. The van der Waals surface area contributed by atoms with Gasteiger partial charge in [0.05, 0.1) is 0 Å². The second-order valence-corrected chi connectivity index (χ2v) is 7.77. The smallest absolute Gasteiger partial charge is 0.217 e. The fourth-order valence-electron chi connectivity index (χ4n) is 3.48. The standard InChI is InChI=1S/C18H25N5OS/c1-13-11-25-17(20-13)18(21-14(2)24)6-8-23(12-18)10-15-9-19-7-5-16(15)22(3)4/h5,7,9,11H,6,8,10,12H2,1-4H3,(H,21,24). The average molecular weight is 359 g/mol. The van der Waals surface area contributed by atoms with E-state index < -0.39 is 0 Å². The van der Waals surface area contributed by atoms with Crippen molar-refractivity contribution in [1.29, 1.82) is 0 Å². The van der Waals surface area contributed by atoms with Crippen LogP contribution < -0.4 is 10.2 Å². The van der Waals surface area contributed by atoms with E-state index in [1.165, 1.54) is 11.3 Å². The Bertz CT molecular complexity index is 759. The Labute approximate surface area is 152 Å². The predicted octanol–water partition coefficient (Wildman–Crippen LogP) is 2.15. The largest absolute Gasteiger partial charge is 0.377 e. The molecule has 0 aromatic carbocycles. The van der Waals surface area contributed by atoms with Crippen LogP contribution in [0.2, 0.25) is 0 Å². The molecule has 0 saturated carbocycles. The molecule has 25 heavy (non-hydrogen) atoms. The topological polar surface area (TPSA) is 61.4 Å². The number of thiazole rings is 1. The van der Waals surface area contributed by atoms with Gasteiger partial charge in [-0.15, -0.1) is 11.3 Å². The van der Waals surface area contributed by atoms with Crippen LogP contribution >= 0.6 is 11.3 Å². The summed E-state index contributed by atoms with van der Waals surface area (Å²) in [5, 5.41) is 6.23. The zero-order valence-electron chi connectivity index (χ0n) is 15.2. The van der Waals surface area contributed by atoms with Crippen LogP contribution in [0.15, 0.2) is 23.8 Å². The summed E-state index contributed by atoms with van der Waals surface area (Å²) in [6.07, 6.45) is 4.63. The first kappa shape index (κ1) is 17.8. The van der Waals surface area contributed by atoms with Gasteiger partial charge in [0, 0.05) is 75.4 Å². The molecule has 2 aromatic rings. The van der Waals surface area contributed by atoms with E-state index in [9.17, 15) is 4.79 Å². The molecule has 7 heteroatoms. The molecule has 134 valence electrons. The lowest BCUT2D eigenvalue weighted by Crippen LogP contribution is -2.47. The number of aromatic nitrogens is 2. The molecule has 1 N–H and O–H groups in total. The third-order valence-electron chi connectivity index (χ3n) is 4.55. The summed E-state index contributed by atoms with van der Waals surface area (Å²) in [5.74, 6) is -0.00920. The van der Waals surface area contributed by atoms with Crippen LogP contribution in [0, 0.1) is 6.92 Å². The molecule has 3 rings (SSSR count). The average Bonchev–Trinajstić information content (AvgIpc) is 3.15. The fourth-order valence-corrected chi connectivity index (χ4v) is 4.46. The predicted molar refractivity (Wildman–Crippen MR) is 101 cm³/mol. The van der Waals surface area contributed by atoms with Crippen LogP contribution in [0.1, 0.15) is 29.6 Å². The van der Waals surface area contributed by atoms with Gasteiger partial charge in [-0.2, -0.15) is 0 Å². The van der Waals surface area contributed by atoms with Gasteiger partial charge in [0.2, 0.25) is 5.91 Å². The molecule has 0 bridgehead atoms. The number of pyridine rings is 1. The van der Waals surface area contributed by atoms with E-state index in [0.29, 0.717) is 0 Å². The van der Waals surface area contributed by atoms with Crippen molar-refractivity contribution >= 4 is 22.9 Å². The molecule has 0 spiro atoms. The monoisotopic (exact) mass is 359 g/mol. The van der Waals surface area contributed by atoms with Gasteiger partial charge >= 0.3 is 0 Å². The Morgan fingerprint density at radius 3 is 2.92 bits per heavy atom. The molecule has 1 fully saturated rings. The van der Waals surface area contributed by atoms with E-state index in [-0.39, 0.29) is 11.4 Å². The summed E-state index contributed by atoms with van der Waals surface area (Å²) in [4.78, 5) is 25.2. The van der Waals surface area contributed by atoms with E-state index in [0.717, 1.165) is 36.8 Å². The van der Waals surface area contributed by atoms with Crippen molar-refractivity contribution in [3.63, 3.8) is 0 Å². The number of anilines is 1. The van der Waals surface area contributed by atoms with Crippen LogP contribution in [0.4, 0.5) is 5.69 Å². The van der Waals surface area contributed by atoms with E-state index >= 15 is 0 Å². The van der Waals surface area contributed by atoms with Crippen LogP contribution in [-0.2, 0) is 16.9 Å². The molecule has 1 saturated heterocycles. The third-order valence-corrected chi connectivity index (χ3v) is 5.71. The van der Waals surface area contributed by atoms with Gasteiger partial charge in [-0.1, -0.05) is 0 Å². The van der Waals surface area contributed by atoms with Crippen molar-refractivity contribution in [2.45, 2.75) is 32.4 Å². The highest BCUT2D eigenvalue weighted by Gasteiger charge is 2.42. The molecular formula is C18H25N5OS. The first-order chi connectivity index (χ1) is 11.9.